The van der Waals surface area contributed by atoms with Crippen LogP contribution >= 0.6 is 11.3 Å². The largest absolute Gasteiger partial charge is 0.348 e. The van der Waals surface area contributed by atoms with E-state index >= 15 is 0 Å². The SMILES string of the molecule is Cc1nc(C)c(CCNC(=O)N2CCn3cccc3[C@H]2C)s1. The minimum Gasteiger partial charge on any atom is -0.348 e. The van der Waals surface area contributed by atoms with Gasteiger partial charge in [0.25, 0.3) is 0 Å². The number of aromatic nitrogens is 2. The van der Waals surface area contributed by atoms with Gasteiger partial charge < -0.3 is 14.8 Å². The Morgan fingerprint density at radius 1 is 1.45 bits per heavy atom. The van der Waals surface area contributed by atoms with Crippen molar-refractivity contribution in [1.82, 2.24) is 19.8 Å². The Kier molecular flexibility index (Phi) is 4.20. The van der Waals surface area contributed by atoms with Crippen LogP contribution in [0.1, 0.15) is 34.2 Å². The van der Waals surface area contributed by atoms with Crippen molar-refractivity contribution in [3.63, 3.8) is 0 Å². The van der Waals surface area contributed by atoms with Gasteiger partial charge in [-0.2, -0.15) is 0 Å². The number of urea groups is 1. The number of hydrogen-bond donors (Lipinski definition) is 1. The van der Waals surface area contributed by atoms with E-state index in [0.29, 0.717) is 6.54 Å². The summed E-state index contributed by atoms with van der Waals surface area (Å²) in [6.07, 6.45) is 2.93. The average Bonchev–Trinajstić information content (AvgIpc) is 3.06. The summed E-state index contributed by atoms with van der Waals surface area (Å²) in [5.74, 6) is 0. The third-order valence-electron chi connectivity index (χ3n) is 4.23. The van der Waals surface area contributed by atoms with Crippen LogP contribution in [0.3, 0.4) is 0 Å². The highest BCUT2D eigenvalue weighted by Crippen LogP contribution is 2.25. The Morgan fingerprint density at radius 3 is 3.00 bits per heavy atom. The number of nitrogens with zero attached hydrogens (tertiary/aromatic N) is 3. The predicted octanol–water partition coefficient (Wildman–Crippen LogP) is 2.89. The number of nitrogens with one attached hydrogen (secondary N) is 1. The van der Waals surface area contributed by atoms with Crippen LogP contribution in [0.15, 0.2) is 18.3 Å². The van der Waals surface area contributed by atoms with E-state index in [-0.39, 0.29) is 12.1 Å². The smallest absolute Gasteiger partial charge is 0.318 e. The van der Waals surface area contributed by atoms with Crippen molar-refractivity contribution in [3.8, 4) is 0 Å². The summed E-state index contributed by atoms with van der Waals surface area (Å²) >= 11 is 1.71. The van der Waals surface area contributed by atoms with Crippen molar-refractivity contribution in [2.75, 3.05) is 13.1 Å². The lowest BCUT2D eigenvalue weighted by molar-refractivity contribution is 0.162. The molecule has 2 amide bonds. The van der Waals surface area contributed by atoms with Gasteiger partial charge in [-0.05, 0) is 32.9 Å². The van der Waals surface area contributed by atoms with Crippen LogP contribution in [-0.2, 0) is 13.0 Å². The minimum absolute atomic E-state index is 0.0267. The van der Waals surface area contributed by atoms with Gasteiger partial charge in [0.1, 0.15) is 0 Å². The molecular weight excluding hydrogens is 296 g/mol. The summed E-state index contributed by atoms with van der Waals surface area (Å²) in [4.78, 5) is 20.0. The van der Waals surface area contributed by atoms with E-state index in [2.05, 4.69) is 34.1 Å². The number of amides is 2. The van der Waals surface area contributed by atoms with E-state index in [1.54, 1.807) is 11.3 Å². The molecule has 0 unspecified atom stereocenters. The van der Waals surface area contributed by atoms with E-state index in [4.69, 9.17) is 0 Å². The first-order valence-electron chi connectivity index (χ1n) is 7.68. The molecule has 0 saturated carbocycles. The highest BCUT2D eigenvalue weighted by Gasteiger charge is 2.27. The van der Waals surface area contributed by atoms with Crippen LogP contribution in [0.25, 0.3) is 0 Å². The van der Waals surface area contributed by atoms with E-state index < -0.39 is 0 Å². The number of carbonyl (C=O) groups is 1. The van der Waals surface area contributed by atoms with Crippen LogP contribution in [0, 0.1) is 13.8 Å². The van der Waals surface area contributed by atoms with Gasteiger partial charge in [-0.3, -0.25) is 0 Å². The van der Waals surface area contributed by atoms with Gasteiger partial charge >= 0.3 is 6.03 Å². The Balaban J connectivity index is 1.55. The molecule has 0 spiro atoms. The molecule has 118 valence electrons. The maximum Gasteiger partial charge on any atom is 0.318 e. The van der Waals surface area contributed by atoms with E-state index in [1.807, 2.05) is 24.8 Å². The summed E-state index contributed by atoms with van der Waals surface area (Å²) in [5.41, 5.74) is 2.29. The van der Waals surface area contributed by atoms with Gasteiger partial charge in [-0.1, -0.05) is 0 Å². The van der Waals surface area contributed by atoms with E-state index in [1.165, 1.54) is 10.6 Å². The van der Waals surface area contributed by atoms with Crippen molar-refractivity contribution in [3.05, 3.63) is 39.6 Å². The van der Waals surface area contributed by atoms with Crippen LogP contribution in [0.5, 0.6) is 0 Å². The molecule has 6 heteroatoms. The number of rotatable bonds is 3. The van der Waals surface area contributed by atoms with Crippen LogP contribution in [0.4, 0.5) is 4.79 Å². The second kappa shape index (κ2) is 6.12. The van der Waals surface area contributed by atoms with Crippen molar-refractivity contribution in [1.29, 1.82) is 0 Å². The number of carbonyl (C=O) groups excluding carboxylic acids is 1. The first kappa shape index (κ1) is 15.1. The zero-order chi connectivity index (χ0) is 15.7. The van der Waals surface area contributed by atoms with Gasteiger partial charge in [0.15, 0.2) is 0 Å². The molecule has 2 aromatic heterocycles. The zero-order valence-electron chi connectivity index (χ0n) is 13.3. The van der Waals surface area contributed by atoms with Gasteiger partial charge in [0, 0.05) is 42.8 Å². The zero-order valence-corrected chi connectivity index (χ0v) is 14.1. The highest BCUT2D eigenvalue weighted by atomic mass is 32.1. The van der Waals surface area contributed by atoms with Crippen molar-refractivity contribution in [2.45, 2.75) is 39.8 Å². The predicted molar refractivity (Wildman–Crippen MR) is 88.2 cm³/mol. The summed E-state index contributed by atoms with van der Waals surface area (Å²) < 4.78 is 2.22. The average molecular weight is 318 g/mol. The monoisotopic (exact) mass is 318 g/mol. The lowest BCUT2D eigenvalue weighted by atomic mass is 10.1. The maximum atomic E-state index is 12.4. The Labute approximate surface area is 135 Å². The fourth-order valence-corrected chi connectivity index (χ4v) is 3.98. The first-order valence-corrected chi connectivity index (χ1v) is 8.50. The van der Waals surface area contributed by atoms with Crippen LogP contribution < -0.4 is 5.32 Å². The third-order valence-corrected chi connectivity index (χ3v) is 5.36. The summed E-state index contributed by atoms with van der Waals surface area (Å²) in [6.45, 7) is 8.42. The van der Waals surface area contributed by atoms with Crippen molar-refractivity contribution >= 4 is 17.4 Å². The molecular formula is C16H22N4OS. The normalized spacial score (nSPS) is 17.4. The molecule has 1 atom stereocenters. The minimum atomic E-state index is 0.0267. The van der Waals surface area contributed by atoms with Crippen LogP contribution in [-0.4, -0.2) is 33.6 Å². The molecule has 0 radical (unpaired) electrons. The lowest BCUT2D eigenvalue weighted by Gasteiger charge is -2.34. The van der Waals surface area contributed by atoms with Gasteiger partial charge in [0.2, 0.25) is 0 Å². The topological polar surface area (TPSA) is 50.2 Å². The van der Waals surface area contributed by atoms with Crippen molar-refractivity contribution < 1.29 is 4.79 Å². The molecule has 3 rings (SSSR count). The molecule has 0 aliphatic carbocycles. The molecule has 1 N–H and O–H groups in total. The third kappa shape index (κ3) is 2.88. The van der Waals surface area contributed by atoms with E-state index in [9.17, 15) is 4.79 Å². The maximum absolute atomic E-state index is 12.4. The molecule has 1 aliphatic heterocycles. The number of aryl methyl sites for hydroxylation is 2. The van der Waals surface area contributed by atoms with Crippen LogP contribution in [0.2, 0.25) is 0 Å². The lowest BCUT2D eigenvalue weighted by Crippen LogP contribution is -2.46. The molecule has 0 saturated heterocycles. The highest BCUT2D eigenvalue weighted by molar-refractivity contribution is 7.11. The summed E-state index contributed by atoms with van der Waals surface area (Å²) in [6, 6.07) is 4.28. The molecule has 0 fully saturated rings. The van der Waals surface area contributed by atoms with Gasteiger partial charge in [-0.25, -0.2) is 9.78 Å². The molecule has 2 aromatic rings. The molecule has 1 aliphatic rings. The van der Waals surface area contributed by atoms with E-state index in [0.717, 1.165) is 30.2 Å². The molecule has 5 nitrogen and oxygen atoms in total. The molecule has 22 heavy (non-hydrogen) atoms. The Morgan fingerprint density at radius 2 is 2.27 bits per heavy atom. The Bertz CT molecular complexity index is 675. The number of hydrogen-bond acceptors (Lipinski definition) is 3. The second-order valence-electron chi connectivity index (χ2n) is 5.72. The summed E-state index contributed by atoms with van der Waals surface area (Å²) in [7, 11) is 0. The fourth-order valence-electron chi connectivity index (χ4n) is 3.05. The standard InChI is InChI=1S/C16H22N4OS/c1-11-15(22-13(3)18-11)6-7-17-16(21)20-10-9-19-8-4-5-14(19)12(20)2/h4-5,8,12H,6-7,9-10H2,1-3H3,(H,17,21)/t12-/m1/s1. The fraction of sp³-hybridized carbons (Fsp3) is 0.500. The molecule has 0 aromatic carbocycles. The number of fused-ring (bicyclic) bond motifs is 1. The quantitative estimate of drug-likeness (QED) is 0.946. The van der Waals surface area contributed by atoms with Crippen molar-refractivity contribution in [2.24, 2.45) is 0 Å². The van der Waals surface area contributed by atoms with Gasteiger partial charge in [0.05, 0.1) is 16.7 Å². The molecule has 3 heterocycles. The molecule has 0 bridgehead atoms. The first-order chi connectivity index (χ1) is 10.6. The summed E-state index contributed by atoms with van der Waals surface area (Å²) in [5, 5.41) is 4.13. The number of thiazole rings is 1. The van der Waals surface area contributed by atoms with Gasteiger partial charge in [-0.15, -0.1) is 11.3 Å². The Hall–Kier alpha value is -1.82. The second-order valence-corrected chi connectivity index (χ2v) is 7.01.